The summed E-state index contributed by atoms with van der Waals surface area (Å²) in [4.78, 5) is 0. The number of hydrogen-bond acceptors (Lipinski definition) is 4. The Morgan fingerprint density at radius 1 is 1.22 bits per heavy atom. The van der Waals surface area contributed by atoms with E-state index >= 15 is 0 Å². The van der Waals surface area contributed by atoms with Crippen molar-refractivity contribution in [1.82, 2.24) is 4.72 Å². The van der Waals surface area contributed by atoms with Crippen molar-refractivity contribution in [1.29, 1.82) is 0 Å². The molecule has 0 bridgehead atoms. The second kappa shape index (κ2) is 9.89. The molecule has 0 aromatic heterocycles. The molecule has 154 valence electrons. The Labute approximate surface area is 164 Å². The van der Waals surface area contributed by atoms with Gasteiger partial charge >= 0.3 is 0 Å². The van der Waals surface area contributed by atoms with Crippen LogP contribution in [0.4, 0.5) is 0 Å². The summed E-state index contributed by atoms with van der Waals surface area (Å²) in [5, 5.41) is 0. The van der Waals surface area contributed by atoms with E-state index in [1.165, 1.54) is 12.8 Å². The zero-order chi connectivity index (χ0) is 19.9. The first-order chi connectivity index (χ1) is 12.6. The van der Waals surface area contributed by atoms with E-state index in [9.17, 15) is 8.42 Å². The molecule has 0 radical (unpaired) electrons. The van der Waals surface area contributed by atoms with Crippen LogP contribution in [0.25, 0.3) is 0 Å². The van der Waals surface area contributed by atoms with Crippen LogP contribution in [0.3, 0.4) is 0 Å². The fourth-order valence-corrected chi connectivity index (χ4v) is 4.47. The fraction of sp³-hybridized carbons (Fsp3) is 0.714. The molecule has 0 heterocycles. The van der Waals surface area contributed by atoms with E-state index in [-0.39, 0.29) is 17.2 Å². The van der Waals surface area contributed by atoms with Crippen LogP contribution in [0.1, 0.15) is 71.4 Å². The Kier molecular flexibility index (Phi) is 8.13. The van der Waals surface area contributed by atoms with E-state index in [0.29, 0.717) is 25.7 Å². The Balaban J connectivity index is 1.81. The molecule has 1 aliphatic rings. The molecule has 1 fully saturated rings. The zero-order valence-electron chi connectivity index (χ0n) is 17.2. The number of sulfonamides is 1. The molecular formula is C21H35NO4S. The van der Waals surface area contributed by atoms with Gasteiger partial charge in [0.15, 0.2) is 0 Å². The fourth-order valence-electron chi connectivity index (χ4n) is 3.18. The summed E-state index contributed by atoms with van der Waals surface area (Å²) in [5.74, 6) is 0.890. The SMILES string of the molecule is C[C@@H](NS(=O)(=O)CCCOCC(C)(C)C)c1cccc(OC2CCCC2)c1. The van der Waals surface area contributed by atoms with Crippen LogP contribution in [0.15, 0.2) is 24.3 Å². The van der Waals surface area contributed by atoms with Crippen molar-refractivity contribution < 1.29 is 17.9 Å². The first kappa shape index (κ1) is 22.2. The van der Waals surface area contributed by atoms with Crippen molar-refractivity contribution in [3.05, 3.63) is 29.8 Å². The molecular weight excluding hydrogens is 362 g/mol. The van der Waals surface area contributed by atoms with Crippen molar-refractivity contribution >= 4 is 10.0 Å². The van der Waals surface area contributed by atoms with E-state index in [1.807, 2.05) is 31.2 Å². The van der Waals surface area contributed by atoms with E-state index in [4.69, 9.17) is 9.47 Å². The quantitative estimate of drug-likeness (QED) is 0.593. The topological polar surface area (TPSA) is 64.6 Å². The van der Waals surface area contributed by atoms with Crippen LogP contribution in [0.2, 0.25) is 0 Å². The second-order valence-corrected chi connectivity index (χ2v) is 10.6. The number of hydrogen-bond donors (Lipinski definition) is 1. The maximum absolute atomic E-state index is 12.3. The summed E-state index contributed by atoms with van der Waals surface area (Å²) in [5.41, 5.74) is 1.01. The highest BCUT2D eigenvalue weighted by Gasteiger charge is 2.19. The van der Waals surface area contributed by atoms with Crippen molar-refractivity contribution in [3.63, 3.8) is 0 Å². The van der Waals surface area contributed by atoms with E-state index < -0.39 is 10.0 Å². The summed E-state index contributed by atoms with van der Waals surface area (Å²) in [7, 11) is -3.35. The van der Waals surface area contributed by atoms with E-state index in [2.05, 4.69) is 25.5 Å². The monoisotopic (exact) mass is 397 g/mol. The van der Waals surface area contributed by atoms with Crippen molar-refractivity contribution in [2.45, 2.75) is 71.9 Å². The van der Waals surface area contributed by atoms with Gasteiger partial charge in [-0.15, -0.1) is 0 Å². The molecule has 1 aromatic carbocycles. The molecule has 1 aromatic rings. The molecule has 0 saturated heterocycles. The molecule has 0 spiro atoms. The van der Waals surface area contributed by atoms with Crippen LogP contribution >= 0.6 is 0 Å². The maximum atomic E-state index is 12.3. The third kappa shape index (κ3) is 8.62. The minimum atomic E-state index is -3.35. The highest BCUT2D eigenvalue weighted by atomic mass is 32.2. The Morgan fingerprint density at radius 2 is 1.93 bits per heavy atom. The van der Waals surface area contributed by atoms with Crippen molar-refractivity contribution in [3.8, 4) is 5.75 Å². The van der Waals surface area contributed by atoms with Crippen molar-refractivity contribution in [2.24, 2.45) is 5.41 Å². The van der Waals surface area contributed by atoms with Gasteiger partial charge in [-0.1, -0.05) is 32.9 Å². The van der Waals surface area contributed by atoms with Crippen LogP contribution in [-0.2, 0) is 14.8 Å². The second-order valence-electron chi connectivity index (χ2n) is 8.72. The van der Waals surface area contributed by atoms with Crippen LogP contribution in [0.5, 0.6) is 5.75 Å². The van der Waals surface area contributed by atoms with Gasteiger partial charge < -0.3 is 9.47 Å². The van der Waals surface area contributed by atoms with Gasteiger partial charge in [-0.3, -0.25) is 0 Å². The molecule has 1 atom stereocenters. The predicted molar refractivity (Wildman–Crippen MR) is 110 cm³/mol. The first-order valence-corrected chi connectivity index (χ1v) is 11.6. The number of ether oxygens (including phenoxy) is 2. The molecule has 1 N–H and O–H groups in total. The normalized spacial score (nSPS) is 17.2. The lowest BCUT2D eigenvalue weighted by atomic mass is 9.99. The van der Waals surface area contributed by atoms with Gasteiger partial charge in [-0.05, 0) is 62.1 Å². The van der Waals surface area contributed by atoms with E-state index in [0.717, 1.165) is 24.2 Å². The highest BCUT2D eigenvalue weighted by Crippen LogP contribution is 2.26. The minimum Gasteiger partial charge on any atom is -0.490 e. The van der Waals surface area contributed by atoms with Gasteiger partial charge in [-0.2, -0.15) is 0 Å². The van der Waals surface area contributed by atoms with Gasteiger partial charge in [0.1, 0.15) is 5.75 Å². The van der Waals surface area contributed by atoms with Crippen LogP contribution < -0.4 is 9.46 Å². The third-order valence-corrected chi connectivity index (χ3v) is 6.09. The predicted octanol–water partition coefficient (Wildman–Crippen LogP) is 4.44. The smallest absolute Gasteiger partial charge is 0.212 e. The Hall–Kier alpha value is -1.11. The lowest BCUT2D eigenvalue weighted by molar-refractivity contribution is 0.0720. The van der Waals surface area contributed by atoms with Crippen LogP contribution in [-0.4, -0.2) is 33.5 Å². The largest absolute Gasteiger partial charge is 0.490 e. The Bertz CT molecular complexity index is 676. The lowest BCUT2D eigenvalue weighted by Gasteiger charge is -2.19. The number of benzene rings is 1. The Morgan fingerprint density at radius 3 is 2.59 bits per heavy atom. The van der Waals surface area contributed by atoms with Gasteiger partial charge in [0, 0.05) is 12.6 Å². The summed E-state index contributed by atoms with van der Waals surface area (Å²) in [6.45, 7) is 9.23. The van der Waals surface area contributed by atoms with Crippen LogP contribution in [0, 0.1) is 5.41 Å². The van der Waals surface area contributed by atoms with E-state index in [1.54, 1.807) is 0 Å². The minimum absolute atomic E-state index is 0.0692. The average Bonchev–Trinajstić information content (AvgIpc) is 3.06. The summed E-state index contributed by atoms with van der Waals surface area (Å²) < 4.78 is 39.0. The molecule has 27 heavy (non-hydrogen) atoms. The standard InChI is InChI=1S/C21H35NO4S/c1-17(22-27(23,24)14-8-13-25-16-21(2,3)4)18-9-7-12-20(15-18)26-19-10-5-6-11-19/h7,9,12,15,17,19,22H,5-6,8,10-11,13-14,16H2,1-4H3/t17-/m1/s1. The van der Waals surface area contributed by atoms with Crippen molar-refractivity contribution in [2.75, 3.05) is 19.0 Å². The molecule has 1 saturated carbocycles. The molecule has 1 aliphatic carbocycles. The molecule has 0 unspecified atom stereocenters. The number of rotatable bonds is 10. The van der Waals surface area contributed by atoms with Gasteiger partial charge in [0.05, 0.1) is 18.5 Å². The van der Waals surface area contributed by atoms with Gasteiger partial charge in [-0.25, -0.2) is 13.1 Å². The molecule has 5 nitrogen and oxygen atoms in total. The first-order valence-electron chi connectivity index (χ1n) is 9.99. The molecule has 0 aliphatic heterocycles. The highest BCUT2D eigenvalue weighted by molar-refractivity contribution is 7.89. The molecule has 2 rings (SSSR count). The lowest BCUT2D eigenvalue weighted by Crippen LogP contribution is -2.29. The number of nitrogens with one attached hydrogen (secondary N) is 1. The third-order valence-electron chi connectivity index (χ3n) is 4.56. The summed E-state index contributed by atoms with van der Waals surface area (Å²) in [6, 6.07) is 7.44. The van der Waals surface area contributed by atoms with Gasteiger partial charge in [0.25, 0.3) is 0 Å². The maximum Gasteiger partial charge on any atom is 0.212 e. The van der Waals surface area contributed by atoms with Gasteiger partial charge in [0.2, 0.25) is 10.0 Å². The zero-order valence-corrected chi connectivity index (χ0v) is 18.0. The summed E-state index contributed by atoms with van der Waals surface area (Å²) >= 11 is 0. The molecule has 6 heteroatoms. The average molecular weight is 398 g/mol. The summed E-state index contributed by atoms with van der Waals surface area (Å²) in [6.07, 6.45) is 5.43. The molecule has 0 amide bonds.